The quantitative estimate of drug-likeness (QED) is 0.599. The summed E-state index contributed by atoms with van der Waals surface area (Å²) < 4.78 is 1.71. The zero-order chi connectivity index (χ0) is 19.0. The van der Waals surface area contributed by atoms with E-state index >= 15 is 0 Å². The van der Waals surface area contributed by atoms with Crippen LogP contribution in [0.1, 0.15) is 22.7 Å². The summed E-state index contributed by atoms with van der Waals surface area (Å²) >= 11 is 0. The van der Waals surface area contributed by atoms with E-state index < -0.39 is 11.6 Å². The van der Waals surface area contributed by atoms with Crippen molar-refractivity contribution in [2.24, 2.45) is 0 Å². The van der Waals surface area contributed by atoms with E-state index in [0.29, 0.717) is 5.95 Å². The first-order valence-electron chi connectivity index (χ1n) is 9.19. The minimum atomic E-state index is -1.10. The molecule has 0 fully saturated rings. The molecule has 136 valence electrons. The van der Waals surface area contributed by atoms with Crippen molar-refractivity contribution < 1.29 is 4.79 Å². The van der Waals surface area contributed by atoms with Gasteiger partial charge in [0.25, 0.3) is 0 Å². The Hall–Kier alpha value is -3.73. The molecule has 1 aliphatic rings. The number of carbonyl (C=O) groups is 1. The molecule has 0 aliphatic carbocycles. The Kier molecular flexibility index (Phi) is 3.79. The molecule has 5 heteroatoms. The maximum atomic E-state index is 14.2. The molecule has 5 nitrogen and oxygen atoms in total. The van der Waals surface area contributed by atoms with Gasteiger partial charge < -0.3 is 5.32 Å². The van der Waals surface area contributed by atoms with Crippen LogP contribution in [0.4, 0.5) is 5.95 Å². The van der Waals surface area contributed by atoms with E-state index in [1.54, 1.807) is 4.68 Å². The lowest BCUT2D eigenvalue weighted by Crippen LogP contribution is -2.52. The number of fused-ring (bicyclic) bond motifs is 1. The minimum Gasteiger partial charge on any atom is -0.340 e. The second-order valence-corrected chi connectivity index (χ2v) is 6.79. The molecule has 5 rings (SSSR count). The molecule has 1 unspecified atom stereocenters. The average Bonchev–Trinajstić information content (AvgIpc) is 3.24. The summed E-state index contributed by atoms with van der Waals surface area (Å²) in [6.45, 7) is 0. The lowest BCUT2D eigenvalue weighted by atomic mass is 9.74. The Morgan fingerprint density at radius 3 is 1.89 bits per heavy atom. The van der Waals surface area contributed by atoms with Gasteiger partial charge in [0.15, 0.2) is 11.3 Å². The molecule has 3 aromatic carbocycles. The Labute approximate surface area is 162 Å². The number of nitrogens with zero attached hydrogens (tertiary/aromatic N) is 3. The van der Waals surface area contributed by atoms with Crippen molar-refractivity contribution in [1.82, 2.24) is 14.8 Å². The second kappa shape index (κ2) is 6.46. The summed E-state index contributed by atoms with van der Waals surface area (Å²) in [4.78, 5) is 18.6. The topological polar surface area (TPSA) is 59.8 Å². The van der Waals surface area contributed by atoms with Gasteiger partial charge in [0.2, 0.25) is 5.95 Å². The third kappa shape index (κ3) is 2.29. The lowest BCUT2D eigenvalue weighted by Gasteiger charge is -2.41. The van der Waals surface area contributed by atoms with E-state index in [-0.39, 0.29) is 5.78 Å². The molecule has 1 aromatic heterocycles. The normalized spacial score (nSPS) is 17.6. The first-order valence-corrected chi connectivity index (χ1v) is 9.19. The van der Waals surface area contributed by atoms with Crippen molar-refractivity contribution in [3.63, 3.8) is 0 Å². The van der Waals surface area contributed by atoms with Crippen LogP contribution in [0.25, 0.3) is 0 Å². The maximum Gasteiger partial charge on any atom is 0.223 e. The van der Waals surface area contributed by atoms with Crippen molar-refractivity contribution in [2.75, 3.05) is 5.32 Å². The van der Waals surface area contributed by atoms with E-state index in [9.17, 15) is 4.79 Å². The molecule has 1 atom stereocenters. The molecule has 2 heterocycles. The van der Waals surface area contributed by atoms with Gasteiger partial charge >= 0.3 is 0 Å². The van der Waals surface area contributed by atoms with Crippen molar-refractivity contribution >= 4 is 11.7 Å². The number of Topliss-reactive ketones (excluding diaryl/α,β-unsaturated/α-hetero) is 1. The van der Waals surface area contributed by atoms with E-state index in [0.717, 1.165) is 16.7 Å². The summed E-state index contributed by atoms with van der Waals surface area (Å²) in [5, 5.41) is 7.74. The van der Waals surface area contributed by atoms with Crippen molar-refractivity contribution in [2.45, 2.75) is 11.6 Å². The summed E-state index contributed by atoms with van der Waals surface area (Å²) in [6.07, 6.45) is 1.49. The van der Waals surface area contributed by atoms with Crippen LogP contribution in [0.5, 0.6) is 0 Å². The third-order valence-corrected chi connectivity index (χ3v) is 5.27. The molecule has 1 aliphatic heterocycles. The summed E-state index contributed by atoms with van der Waals surface area (Å²) in [5.41, 5.74) is 1.53. The van der Waals surface area contributed by atoms with Crippen LogP contribution in [0.15, 0.2) is 97.3 Å². The molecule has 0 amide bonds. The van der Waals surface area contributed by atoms with Crippen LogP contribution in [-0.2, 0) is 10.3 Å². The van der Waals surface area contributed by atoms with Crippen LogP contribution in [0, 0.1) is 0 Å². The highest BCUT2D eigenvalue weighted by atomic mass is 16.1. The van der Waals surface area contributed by atoms with Gasteiger partial charge in [0.1, 0.15) is 12.4 Å². The van der Waals surface area contributed by atoms with Gasteiger partial charge in [-0.2, -0.15) is 10.1 Å². The van der Waals surface area contributed by atoms with Crippen LogP contribution in [0.2, 0.25) is 0 Å². The number of hydrogen-bond acceptors (Lipinski definition) is 4. The molecular weight excluding hydrogens is 348 g/mol. The smallest absolute Gasteiger partial charge is 0.223 e. The monoisotopic (exact) mass is 366 g/mol. The maximum absolute atomic E-state index is 14.2. The van der Waals surface area contributed by atoms with Gasteiger partial charge in [-0.3, -0.25) is 4.79 Å². The fourth-order valence-corrected chi connectivity index (χ4v) is 4.03. The number of benzene rings is 3. The lowest BCUT2D eigenvalue weighted by molar-refractivity contribution is -0.126. The Morgan fingerprint density at radius 1 is 0.786 bits per heavy atom. The highest BCUT2D eigenvalue weighted by molar-refractivity contribution is 6.01. The molecule has 0 bridgehead atoms. The zero-order valence-electron chi connectivity index (χ0n) is 15.1. The largest absolute Gasteiger partial charge is 0.340 e. The van der Waals surface area contributed by atoms with Crippen LogP contribution in [-0.4, -0.2) is 20.5 Å². The first kappa shape index (κ1) is 16.4. The van der Waals surface area contributed by atoms with E-state index in [2.05, 4.69) is 15.4 Å². The molecule has 0 spiro atoms. The van der Waals surface area contributed by atoms with Gasteiger partial charge in [-0.15, -0.1) is 0 Å². The van der Waals surface area contributed by atoms with Crippen LogP contribution >= 0.6 is 0 Å². The molecular formula is C23H18N4O. The van der Waals surface area contributed by atoms with Crippen molar-refractivity contribution in [1.29, 1.82) is 0 Å². The molecule has 0 radical (unpaired) electrons. The summed E-state index contributed by atoms with van der Waals surface area (Å²) in [6, 6.07) is 28.8. The van der Waals surface area contributed by atoms with Gasteiger partial charge in [-0.05, 0) is 16.7 Å². The fraction of sp³-hybridized carbons (Fsp3) is 0.0870. The van der Waals surface area contributed by atoms with Gasteiger partial charge in [0.05, 0.1) is 0 Å². The van der Waals surface area contributed by atoms with E-state index in [1.165, 1.54) is 6.33 Å². The Morgan fingerprint density at radius 2 is 1.32 bits per heavy atom. The van der Waals surface area contributed by atoms with Crippen molar-refractivity contribution in [3.05, 3.63) is 114 Å². The number of anilines is 1. The predicted molar refractivity (Wildman–Crippen MR) is 107 cm³/mol. The van der Waals surface area contributed by atoms with Gasteiger partial charge in [0, 0.05) is 0 Å². The van der Waals surface area contributed by atoms with Crippen molar-refractivity contribution in [3.8, 4) is 0 Å². The Bertz CT molecular complexity index is 1070. The summed E-state index contributed by atoms with van der Waals surface area (Å²) in [7, 11) is 0. The third-order valence-electron chi connectivity index (χ3n) is 5.27. The molecule has 28 heavy (non-hydrogen) atoms. The zero-order valence-corrected chi connectivity index (χ0v) is 15.1. The number of carbonyl (C=O) groups excluding carboxylic acids is 1. The summed E-state index contributed by atoms with van der Waals surface area (Å²) in [5.74, 6) is 0.579. The van der Waals surface area contributed by atoms with Gasteiger partial charge in [-0.1, -0.05) is 91.0 Å². The molecule has 0 saturated carbocycles. The number of hydrogen-bond donors (Lipinski definition) is 1. The predicted octanol–water partition coefficient (Wildman–Crippen LogP) is 3.81. The molecule has 4 aromatic rings. The number of nitrogens with one attached hydrogen (secondary N) is 1. The highest BCUT2D eigenvalue weighted by Crippen LogP contribution is 2.43. The van der Waals surface area contributed by atoms with E-state index in [1.807, 2.05) is 91.0 Å². The first-order chi connectivity index (χ1) is 13.8. The van der Waals surface area contributed by atoms with Crippen LogP contribution < -0.4 is 5.32 Å². The average molecular weight is 366 g/mol. The van der Waals surface area contributed by atoms with E-state index in [4.69, 9.17) is 0 Å². The number of aromatic nitrogens is 3. The van der Waals surface area contributed by atoms with Gasteiger partial charge in [-0.25, -0.2) is 4.68 Å². The fourth-order valence-electron chi connectivity index (χ4n) is 4.03. The molecule has 1 N–H and O–H groups in total. The minimum absolute atomic E-state index is 0.00843. The molecule has 0 saturated heterocycles. The number of rotatable bonds is 3. The standard InChI is InChI=1S/C23H18N4O/c28-21-20(17-10-4-1-5-11-17)26-22-24-16-25-27(22)23(21,18-12-6-2-7-13-18)19-14-8-3-9-15-19/h1-16,20H,(H,24,25,26). The Balaban J connectivity index is 1.83. The SMILES string of the molecule is O=C1C(c2ccccc2)Nc2ncnn2C1(c1ccccc1)c1ccccc1. The second-order valence-electron chi connectivity index (χ2n) is 6.79. The van der Waals surface area contributed by atoms with Crippen LogP contribution in [0.3, 0.4) is 0 Å². The number of ketones is 1. The highest BCUT2D eigenvalue weighted by Gasteiger charge is 2.52.